The number of likely N-dealkylation sites (tertiary alicyclic amines) is 1. The Bertz CT molecular complexity index is 1450. The van der Waals surface area contributed by atoms with Crippen molar-refractivity contribution in [3.8, 4) is 12.1 Å². The smallest absolute Gasteiger partial charge is 0.433 e. The minimum absolute atomic E-state index is 0.146. The lowest BCUT2D eigenvalue weighted by Gasteiger charge is -2.31. The maximum absolute atomic E-state index is 12.8. The highest BCUT2D eigenvalue weighted by Gasteiger charge is 2.34. The third kappa shape index (κ3) is 5.97. The Morgan fingerprint density at radius 2 is 2.05 bits per heavy atom. The molecule has 0 N–H and O–H groups in total. The number of oxime groups is 1. The fraction of sp³-hybridized carbons (Fsp3) is 0.360. The summed E-state index contributed by atoms with van der Waals surface area (Å²) in [5, 5.41) is 16.9. The number of amides is 1. The van der Waals surface area contributed by atoms with Crippen molar-refractivity contribution in [1.29, 1.82) is 5.26 Å². The number of carbonyl (C=O) groups is 1. The van der Waals surface area contributed by atoms with E-state index in [1.54, 1.807) is 23.1 Å². The number of nitriles is 1. The van der Waals surface area contributed by atoms with Gasteiger partial charge in [0.15, 0.2) is 18.4 Å². The van der Waals surface area contributed by atoms with Crippen molar-refractivity contribution in [1.82, 2.24) is 19.9 Å². The van der Waals surface area contributed by atoms with E-state index >= 15 is 0 Å². The zero-order valence-corrected chi connectivity index (χ0v) is 21.8. The van der Waals surface area contributed by atoms with Crippen molar-refractivity contribution in [2.45, 2.75) is 37.5 Å². The highest BCUT2D eigenvalue weighted by Crippen LogP contribution is 2.37. The summed E-state index contributed by atoms with van der Waals surface area (Å²) in [5.41, 5.74) is 1.29. The molecule has 1 amide bonds. The van der Waals surface area contributed by atoms with E-state index in [9.17, 15) is 23.2 Å². The van der Waals surface area contributed by atoms with E-state index in [0.717, 1.165) is 17.3 Å². The van der Waals surface area contributed by atoms with Crippen LogP contribution in [0.4, 0.5) is 13.2 Å². The van der Waals surface area contributed by atoms with Gasteiger partial charge in [-0.25, -0.2) is 9.97 Å². The van der Waals surface area contributed by atoms with Crippen LogP contribution in [0.15, 0.2) is 41.0 Å². The molecule has 9 nitrogen and oxygen atoms in total. The number of ether oxygens (including phenoxy) is 1. The summed E-state index contributed by atoms with van der Waals surface area (Å²) in [7, 11) is 0. The van der Waals surface area contributed by atoms with Gasteiger partial charge in [-0.05, 0) is 31.0 Å². The van der Waals surface area contributed by atoms with Crippen LogP contribution in [0.3, 0.4) is 0 Å². The number of halogens is 4. The molecule has 1 unspecified atom stereocenters. The minimum atomic E-state index is -4.63. The lowest BCUT2D eigenvalue weighted by atomic mass is 9.97. The molecule has 0 bridgehead atoms. The van der Waals surface area contributed by atoms with Crippen molar-refractivity contribution in [2.24, 2.45) is 5.16 Å². The highest BCUT2D eigenvalue weighted by molar-refractivity contribution is 7.10. The van der Waals surface area contributed by atoms with Crippen LogP contribution in [0.5, 0.6) is 6.01 Å². The summed E-state index contributed by atoms with van der Waals surface area (Å²) in [5.74, 6) is -0.206. The molecular weight excluding hydrogens is 557 g/mol. The van der Waals surface area contributed by atoms with Crippen LogP contribution in [0, 0.1) is 11.3 Å². The van der Waals surface area contributed by atoms with E-state index in [0.29, 0.717) is 59.9 Å². The predicted molar refractivity (Wildman–Crippen MR) is 134 cm³/mol. The van der Waals surface area contributed by atoms with Crippen molar-refractivity contribution >= 4 is 34.6 Å². The predicted octanol–water partition coefficient (Wildman–Crippen LogP) is 5.13. The monoisotopic (exact) mass is 576 g/mol. The molecule has 0 saturated carbocycles. The van der Waals surface area contributed by atoms with Crippen LogP contribution in [-0.4, -0.2) is 51.2 Å². The van der Waals surface area contributed by atoms with Gasteiger partial charge in [-0.2, -0.15) is 23.4 Å². The number of piperidine rings is 1. The van der Waals surface area contributed by atoms with Crippen molar-refractivity contribution in [3.05, 3.63) is 68.4 Å². The molecule has 3 aromatic rings. The van der Waals surface area contributed by atoms with E-state index in [1.165, 1.54) is 11.3 Å². The molecule has 1 aromatic carbocycles. The number of nitrogens with zero attached hydrogens (tertiary/aromatic N) is 6. The first-order valence-electron chi connectivity index (χ1n) is 11.9. The van der Waals surface area contributed by atoms with Gasteiger partial charge in [0.05, 0.1) is 22.3 Å². The molecule has 39 heavy (non-hydrogen) atoms. The van der Waals surface area contributed by atoms with E-state index < -0.39 is 30.6 Å². The molecule has 2 aliphatic rings. The van der Waals surface area contributed by atoms with Gasteiger partial charge in [0.2, 0.25) is 0 Å². The maximum Gasteiger partial charge on any atom is 0.433 e. The molecule has 2 aromatic heterocycles. The number of alkyl halides is 3. The maximum atomic E-state index is 12.8. The summed E-state index contributed by atoms with van der Waals surface area (Å²) < 4.78 is 43.5. The second-order valence-electron chi connectivity index (χ2n) is 8.89. The summed E-state index contributed by atoms with van der Waals surface area (Å²) in [4.78, 5) is 31.5. The topological polar surface area (TPSA) is 114 Å². The summed E-state index contributed by atoms with van der Waals surface area (Å²) in [6, 6.07) is 7.48. The van der Waals surface area contributed by atoms with Gasteiger partial charge in [-0.3, -0.25) is 4.79 Å². The Hall–Kier alpha value is -3.76. The van der Waals surface area contributed by atoms with Crippen LogP contribution < -0.4 is 4.74 Å². The van der Waals surface area contributed by atoms with Gasteiger partial charge in [0.25, 0.3) is 5.91 Å². The Kier molecular flexibility index (Phi) is 7.67. The van der Waals surface area contributed by atoms with Gasteiger partial charge < -0.3 is 14.5 Å². The molecule has 1 fully saturated rings. The molecule has 2 aliphatic heterocycles. The minimum Gasteiger partial charge on any atom is -0.453 e. The highest BCUT2D eigenvalue weighted by atomic mass is 35.5. The van der Waals surface area contributed by atoms with Crippen LogP contribution in [0.1, 0.15) is 58.8 Å². The molecule has 4 heterocycles. The van der Waals surface area contributed by atoms with E-state index in [2.05, 4.69) is 21.2 Å². The Morgan fingerprint density at radius 3 is 2.79 bits per heavy atom. The molecule has 0 radical (unpaired) electrons. The Labute approximate surface area is 229 Å². The fourth-order valence-corrected chi connectivity index (χ4v) is 5.71. The number of benzene rings is 1. The van der Waals surface area contributed by atoms with Gasteiger partial charge in [-0.15, -0.1) is 11.3 Å². The number of thiazole rings is 1. The average Bonchev–Trinajstić information content (AvgIpc) is 3.62. The molecular formula is C25H20ClF3N6O3S. The van der Waals surface area contributed by atoms with Crippen LogP contribution >= 0.6 is 22.9 Å². The Balaban J connectivity index is 1.13. The third-order valence-electron chi connectivity index (χ3n) is 6.43. The number of rotatable bonds is 6. The summed E-state index contributed by atoms with van der Waals surface area (Å²) >= 11 is 7.83. The molecule has 5 rings (SSSR count). The van der Waals surface area contributed by atoms with Crippen molar-refractivity contribution in [3.63, 3.8) is 0 Å². The van der Waals surface area contributed by atoms with E-state index in [-0.39, 0.29) is 11.8 Å². The summed E-state index contributed by atoms with van der Waals surface area (Å²) in [6.45, 7) is 0.467. The fourth-order valence-electron chi connectivity index (χ4n) is 4.41. The van der Waals surface area contributed by atoms with Gasteiger partial charge in [0.1, 0.15) is 5.71 Å². The third-order valence-corrected chi connectivity index (χ3v) is 7.76. The quantitative estimate of drug-likeness (QED) is 0.400. The second kappa shape index (κ2) is 11.2. The second-order valence-corrected chi connectivity index (χ2v) is 10.2. The number of aromatic nitrogens is 3. The van der Waals surface area contributed by atoms with Crippen molar-refractivity contribution in [2.75, 3.05) is 19.7 Å². The SMILES string of the molecule is N#Cc1cccc(Cl)c1C1CC(c2csc(C3CCN(C(=O)COc4nccc(C(F)(F)F)n4)CC3)n2)=NO1. The first-order valence-corrected chi connectivity index (χ1v) is 13.2. The normalized spacial score (nSPS) is 17.9. The van der Waals surface area contributed by atoms with E-state index in [1.807, 2.05) is 5.38 Å². The van der Waals surface area contributed by atoms with Gasteiger partial charge in [-0.1, -0.05) is 22.8 Å². The first-order chi connectivity index (χ1) is 18.7. The number of carbonyl (C=O) groups excluding carboxylic acids is 1. The standard InChI is InChI=1S/C25H20ClF3N6O3S/c26-16-3-1-2-15(11-30)22(16)19-10-17(34-38-19)18-13-39-23(32-18)14-5-8-35(9-6-14)21(36)12-37-24-31-7-4-20(33-24)25(27,28)29/h1-4,7,13-14,19H,5-6,8-10,12H2. The van der Waals surface area contributed by atoms with Crippen LogP contribution in [0.2, 0.25) is 5.02 Å². The molecule has 1 atom stereocenters. The lowest BCUT2D eigenvalue weighted by Crippen LogP contribution is -2.40. The summed E-state index contributed by atoms with van der Waals surface area (Å²) in [6.07, 6.45) is -2.37. The largest absolute Gasteiger partial charge is 0.453 e. The van der Waals surface area contributed by atoms with E-state index in [4.69, 9.17) is 26.2 Å². The molecule has 14 heteroatoms. The molecule has 202 valence electrons. The van der Waals surface area contributed by atoms with Crippen LogP contribution in [-0.2, 0) is 15.8 Å². The van der Waals surface area contributed by atoms with Gasteiger partial charge in [0, 0.05) is 47.6 Å². The first kappa shape index (κ1) is 26.8. The van der Waals surface area contributed by atoms with Gasteiger partial charge >= 0.3 is 12.2 Å². The number of hydrogen-bond acceptors (Lipinski definition) is 9. The average molecular weight is 577 g/mol. The van der Waals surface area contributed by atoms with Crippen LogP contribution in [0.25, 0.3) is 0 Å². The van der Waals surface area contributed by atoms with Crippen molar-refractivity contribution < 1.29 is 27.5 Å². The molecule has 0 aliphatic carbocycles. The zero-order valence-electron chi connectivity index (χ0n) is 20.2. The molecule has 0 spiro atoms. The Morgan fingerprint density at radius 1 is 1.26 bits per heavy atom. The number of hydrogen-bond donors (Lipinski definition) is 0. The lowest BCUT2D eigenvalue weighted by molar-refractivity contribution is -0.141. The zero-order chi connectivity index (χ0) is 27.6. The molecule has 1 saturated heterocycles.